The minimum Gasteiger partial charge on any atom is -0.323 e. The highest BCUT2D eigenvalue weighted by Gasteiger charge is 2.25. The molecule has 6 heteroatoms. The Morgan fingerprint density at radius 3 is 2.25 bits per heavy atom. The molecule has 0 heterocycles. The molecule has 0 amide bonds. The van der Waals surface area contributed by atoms with Gasteiger partial charge in [-0.2, -0.15) is 0 Å². The summed E-state index contributed by atoms with van der Waals surface area (Å²) in [6, 6.07) is 0. The van der Waals surface area contributed by atoms with Crippen molar-refractivity contribution in [1.29, 1.82) is 0 Å². The standard InChI is InChI=1S/C6H13Cl2O3P/c7-5-3-1-2-4-6(8)12(9,10)11/h6H,1-5H2,(H2,9,10,11)/t6-/m0/s1. The van der Waals surface area contributed by atoms with Gasteiger partial charge in [0.15, 0.2) is 0 Å². The van der Waals surface area contributed by atoms with Crippen LogP contribution in [0.15, 0.2) is 0 Å². The van der Waals surface area contributed by atoms with Crippen LogP contribution in [0, 0.1) is 0 Å². The van der Waals surface area contributed by atoms with Crippen molar-refractivity contribution in [3.63, 3.8) is 0 Å². The van der Waals surface area contributed by atoms with Crippen molar-refractivity contribution in [2.45, 2.75) is 30.8 Å². The van der Waals surface area contributed by atoms with Crippen LogP contribution in [0.3, 0.4) is 0 Å². The zero-order chi connectivity index (χ0) is 9.61. The van der Waals surface area contributed by atoms with E-state index >= 15 is 0 Å². The summed E-state index contributed by atoms with van der Waals surface area (Å²) in [5.41, 5.74) is 0. The second-order valence-electron chi connectivity index (χ2n) is 2.56. The quantitative estimate of drug-likeness (QED) is 0.422. The summed E-state index contributed by atoms with van der Waals surface area (Å²) in [6.45, 7) is 0. The van der Waals surface area contributed by atoms with Gasteiger partial charge >= 0.3 is 7.60 Å². The van der Waals surface area contributed by atoms with Crippen molar-refractivity contribution < 1.29 is 14.4 Å². The normalized spacial score (nSPS) is 14.7. The summed E-state index contributed by atoms with van der Waals surface area (Å²) in [5, 5.41) is -1.03. The lowest BCUT2D eigenvalue weighted by Crippen LogP contribution is -1.99. The van der Waals surface area contributed by atoms with Gasteiger partial charge in [-0.15, -0.1) is 23.2 Å². The summed E-state index contributed by atoms with van der Waals surface area (Å²) < 4.78 is 10.5. The molecule has 0 aromatic carbocycles. The van der Waals surface area contributed by atoms with Crippen molar-refractivity contribution >= 4 is 30.8 Å². The van der Waals surface area contributed by atoms with Gasteiger partial charge < -0.3 is 9.79 Å². The van der Waals surface area contributed by atoms with E-state index in [1.807, 2.05) is 0 Å². The molecule has 2 N–H and O–H groups in total. The molecule has 0 bridgehead atoms. The highest BCUT2D eigenvalue weighted by Crippen LogP contribution is 2.45. The summed E-state index contributed by atoms with van der Waals surface area (Å²) >= 11 is 10.9. The molecule has 0 fully saturated rings. The first-order valence-electron chi connectivity index (χ1n) is 3.73. The van der Waals surface area contributed by atoms with Gasteiger partial charge in [0.1, 0.15) is 5.12 Å². The molecule has 3 nitrogen and oxygen atoms in total. The van der Waals surface area contributed by atoms with Gasteiger partial charge in [-0.1, -0.05) is 12.8 Å². The van der Waals surface area contributed by atoms with Crippen LogP contribution in [0.2, 0.25) is 0 Å². The fourth-order valence-electron chi connectivity index (χ4n) is 0.752. The van der Waals surface area contributed by atoms with E-state index in [2.05, 4.69) is 0 Å². The zero-order valence-corrected chi connectivity index (χ0v) is 9.02. The van der Waals surface area contributed by atoms with Gasteiger partial charge in [-0.05, 0) is 12.8 Å². The Labute approximate surface area is 82.2 Å². The number of hydrogen-bond acceptors (Lipinski definition) is 1. The average molecular weight is 235 g/mol. The topological polar surface area (TPSA) is 57.5 Å². The molecule has 0 unspecified atom stereocenters. The molecule has 0 aromatic heterocycles. The summed E-state index contributed by atoms with van der Waals surface area (Å²) in [5.74, 6) is 0.586. The van der Waals surface area contributed by atoms with Gasteiger partial charge in [0.25, 0.3) is 0 Å². The molecule has 12 heavy (non-hydrogen) atoms. The summed E-state index contributed by atoms with van der Waals surface area (Å²) in [7, 11) is -4.07. The van der Waals surface area contributed by atoms with Crippen molar-refractivity contribution in [1.82, 2.24) is 0 Å². The Balaban J connectivity index is 3.45. The first-order valence-corrected chi connectivity index (χ1v) is 6.39. The second-order valence-corrected chi connectivity index (χ2v) is 5.57. The van der Waals surface area contributed by atoms with Crippen LogP contribution < -0.4 is 0 Å². The minimum atomic E-state index is -4.07. The van der Waals surface area contributed by atoms with Gasteiger partial charge in [0.2, 0.25) is 0 Å². The second kappa shape index (κ2) is 6.22. The Hall–Kier alpha value is 0.730. The van der Waals surface area contributed by atoms with Gasteiger partial charge in [0, 0.05) is 5.88 Å². The predicted molar refractivity (Wildman–Crippen MR) is 50.9 cm³/mol. The third kappa shape index (κ3) is 6.27. The Bertz CT molecular complexity index is 159. The van der Waals surface area contributed by atoms with Crippen LogP contribution in [0.4, 0.5) is 0 Å². The lowest BCUT2D eigenvalue weighted by atomic mass is 10.2. The molecule has 0 rings (SSSR count). The van der Waals surface area contributed by atoms with Crippen LogP contribution in [0.5, 0.6) is 0 Å². The maximum absolute atomic E-state index is 10.5. The molecule has 0 saturated carbocycles. The number of hydrogen-bond donors (Lipinski definition) is 2. The Morgan fingerprint density at radius 2 is 1.83 bits per heavy atom. The van der Waals surface area contributed by atoms with Gasteiger partial charge in [-0.25, -0.2) is 0 Å². The van der Waals surface area contributed by atoms with E-state index < -0.39 is 12.7 Å². The van der Waals surface area contributed by atoms with Gasteiger partial charge in [0.05, 0.1) is 0 Å². The largest absolute Gasteiger partial charge is 0.343 e. The molecular weight excluding hydrogens is 222 g/mol. The lowest BCUT2D eigenvalue weighted by molar-refractivity contribution is 0.366. The van der Waals surface area contributed by atoms with E-state index in [9.17, 15) is 4.57 Å². The first-order chi connectivity index (χ1) is 5.48. The van der Waals surface area contributed by atoms with Crippen LogP contribution in [0.25, 0.3) is 0 Å². The lowest BCUT2D eigenvalue weighted by Gasteiger charge is -2.10. The van der Waals surface area contributed by atoms with Crippen LogP contribution in [0.1, 0.15) is 25.7 Å². The molecule has 0 aliphatic rings. The number of halogens is 2. The van der Waals surface area contributed by atoms with E-state index in [-0.39, 0.29) is 0 Å². The third-order valence-electron chi connectivity index (χ3n) is 1.44. The van der Waals surface area contributed by atoms with Gasteiger partial charge in [-0.3, -0.25) is 4.57 Å². The monoisotopic (exact) mass is 234 g/mol. The SMILES string of the molecule is O=P(O)(O)[C@H](Cl)CCCCCCl. The molecule has 0 spiro atoms. The average Bonchev–Trinajstić information content (AvgIpc) is 1.96. The molecule has 0 aromatic rings. The van der Waals surface area contributed by atoms with Crippen LogP contribution in [-0.4, -0.2) is 20.8 Å². The minimum absolute atomic E-state index is 0.350. The third-order valence-corrected chi connectivity index (χ3v) is 3.68. The molecule has 1 atom stereocenters. The molecular formula is C6H13Cl2O3P. The fourth-order valence-corrected chi connectivity index (χ4v) is 1.61. The van der Waals surface area contributed by atoms with E-state index in [4.69, 9.17) is 33.0 Å². The maximum atomic E-state index is 10.5. The molecule has 0 aliphatic carbocycles. The molecule has 0 aliphatic heterocycles. The Kier molecular flexibility index (Phi) is 6.60. The Morgan fingerprint density at radius 1 is 1.25 bits per heavy atom. The molecule has 74 valence electrons. The number of rotatable bonds is 6. The van der Waals surface area contributed by atoms with Crippen LogP contribution in [-0.2, 0) is 4.57 Å². The van der Waals surface area contributed by atoms with Crippen LogP contribution >= 0.6 is 30.8 Å². The van der Waals surface area contributed by atoms with E-state index in [0.29, 0.717) is 18.7 Å². The van der Waals surface area contributed by atoms with E-state index in [0.717, 1.165) is 12.8 Å². The molecule has 0 saturated heterocycles. The zero-order valence-electron chi connectivity index (χ0n) is 6.62. The van der Waals surface area contributed by atoms with Crippen molar-refractivity contribution in [2.75, 3.05) is 5.88 Å². The summed E-state index contributed by atoms with van der Waals surface area (Å²) in [4.78, 5) is 17.2. The first kappa shape index (κ1) is 12.7. The maximum Gasteiger partial charge on any atom is 0.343 e. The predicted octanol–water partition coefficient (Wildman–Crippen LogP) is 2.53. The van der Waals surface area contributed by atoms with Crippen molar-refractivity contribution in [3.05, 3.63) is 0 Å². The van der Waals surface area contributed by atoms with E-state index in [1.54, 1.807) is 0 Å². The highest BCUT2D eigenvalue weighted by atomic mass is 35.5. The fraction of sp³-hybridized carbons (Fsp3) is 1.00. The van der Waals surface area contributed by atoms with Crippen molar-refractivity contribution in [3.8, 4) is 0 Å². The summed E-state index contributed by atoms with van der Waals surface area (Å²) in [6.07, 6.45) is 2.80. The highest BCUT2D eigenvalue weighted by molar-refractivity contribution is 7.54. The van der Waals surface area contributed by atoms with Crippen molar-refractivity contribution in [2.24, 2.45) is 0 Å². The smallest absolute Gasteiger partial charge is 0.323 e. The number of unbranched alkanes of at least 4 members (excludes halogenated alkanes) is 2. The molecule has 0 radical (unpaired) electrons. The number of alkyl halides is 2. The van der Waals surface area contributed by atoms with E-state index in [1.165, 1.54) is 0 Å².